The number of hydrogen-bond acceptors (Lipinski definition) is 4. The quantitative estimate of drug-likeness (QED) is 0.643. The Hall–Kier alpha value is -1.14. The first-order valence-corrected chi connectivity index (χ1v) is 6.93. The van der Waals surface area contributed by atoms with E-state index < -0.39 is 20.9 Å². The fourth-order valence-electron chi connectivity index (χ4n) is 1.94. The monoisotopic (exact) mass is 259 g/mol. The van der Waals surface area contributed by atoms with Gasteiger partial charge in [-0.05, 0) is 31.0 Å². The molecule has 2 N–H and O–H groups in total. The van der Waals surface area contributed by atoms with Crippen molar-refractivity contribution in [3.63, 3.8) is 0 Å². The van der Waals surface area contributed by atoms with Gasteiger partial charge in [0, 0.05) is 13.2 Å². The van der Waals surface area contributed by atoms with Gasteiger partial charge in [-0.25, -0.2) is 12.8 Å². The van der Waals surface area contributed by atoms with Gasteiger partial charge < -0.3 is 10.5 Å². The standard InChI is InChI=1S/C11H14FNO3S/c12-8-1-2-11(10(13)7-8)17(14,15)9-3-5-16-6-4-9/h1-2,7,9H,3-6,13H2. The van der Waals surface area contributed by atoms with Gasteiger partial charge in [0.1, 0.15) is 5.82 Å². The van der Waals surface area contributed by atoms with E-state index in [1.165, 1.54) is 6.07 Å². The molecule has 1 aliphatic rings. The summed E-state index contributed by atoms with van der Waals surface area (Å²) in [6.07, 6.45) is 0.915. The Morgan fingerprint density at radius 1 is 1.29 bits per heavy atom. The molecule has 1 aromatic rings. The van der Waals surface area contributed by atoms with Gasteiger partial charge in [0.15, 0.2) is 9.84 Å². The van der Waals surface area contributed by atoms with Gasteiger partial charge in [-0.2, -0.15) is 0 Å². The molecule has 1 heterocycles. The first-order chi connectivity index (χ1) is 8.01. The molecule has 0 aromatic heterocycles. The molecule has 6 heteroatoms. The highest BCUT2D eigenvalue weighted by molar-refractivity contribution is 7.92. The minimum absolute atomic E-state index is 0.0193. The third-order valence-corrected chi connectivity index (χ3v) is 5.22. The van der Waals surface area contributed by atoms with Crippen LogP contribution in [0.5, 0.6) is 0 Å². The number of nitrogen functional groups attached to an aromatic ring is 1. The normalized spacial score (nSPS) is 18.2. The molecule has 0 unspecified atom stereocenters. The number of nitrogens with two attached hydrogens (primary N) is 1. The van der Waals surface area contributed by atoms with Crippen molar-refractivity contribution in [1.82, 2.24) is 0 Å². The van der Waals surface area contributed by atoms with E-state index in [-0.39, 0.29) is 10.6 Å². The first-order valence-electron chi connectivity index (χ1n) is 5.38. The molecule has 0 bridgehead atoms. The van der Waals surface area contributed by atoms with Gasteiger partial charge in [0.25, 0.3) is 0 Å². The number of rotatable bonds is 2. The maximum absolute atomic E-state index is 12.9. The summed E-state index contributed by atoms with van der Waals surface area (Å²) < 4.78 is 42.5. The van der Waals surface area contributed by atoms with E-state index in [2.05, 4.69) is 0 Å². The van der Waals surface area contributed by atoms with Crippen molar-refractivity contribution in [3.8, 4) is 0 Å². The summed E-state index contributed by atoms with van der Waals surface area (Å²) in [5.41, 5.74) is 5.53. The molecule has 4 nitrogen and oxygen atoms in total. The summed E-state index contributed by atoms with van der Waals surface area (Å²) in [5.74, 6) is -0.534. The maximum Gasteiger partial charge on any atom is 0.183 e. The van der Waals surface area contributed by atoms with Gasteiger partial charge in [-0.1, -0.05) is 0 Å². The molecule has 1 aliphatic heterocycles. The van der Waals surface area contributed by atoms with Crippen LogP contribution in [0.3, 0.4) is 0 Å². The molecule has 1 fully saturated rings. The molecule has 0 radical (unpaired) electrons. The molecular formula is C11H14FNO3S. The van der Waals surface area contributed by atoms with Crippen LogP contribution in [0.4, 0.5) is 10.1 Å². The van der Waals surface area contributed by atoms with Crippen molar-refractivity contribution in [2.75, 3.05) is 18.9 Å². The summed E-state index contributed by atoms with van der Waals surface area (Å²) in [6, 6.07) is 3.38. The highest BCUT2D eigenvalue weighted by Crippen LogP contribution is 2.27. The van der Waals surface area contributed by atoms with Crippen LogP contribution in [-0.2, 0) is 14.6 Å². The van der Waals surface area contributed by atoms with Crippen LogP contribution in [0.25, 0.3) is 0 Å². The van der Waals surface area contributed by atoms with Gasteiger partial charge in [-0.15, -0.1) is 0 Å². The average Bonchev–Trinajstić information content (AvgIpc) is 2.29. The van der Waals surface area contributed by atoms with Crippen LogP contribution in [-0.4, -0.2) is 26.9 Å². The Balaban J connectivity index is 2.37. The first kappa shape index (κ1) is 12.3. The minimum atomic E-state index is -3.48. The molecule has 1 aromatic carbocycles. The number of sulfone groups is 1. The predicted octanol–water partition coefficient (Wildman–Crippen LogP) is 1.36. The van der Waals surface area contributed by atoms with E-state index in [1.807, 2.05) is 0 Å². The van der Waals surface area contributed by atoms with Gasteiger partial charge in [0.2, 0.25) is 0 Å². The third-order valence-electron chi connectivity index (χ3n) is 2.89. The zero-order valence-electron chi connectivity index (χ0n) is 9.23. The van der Waals surface area contributed by atoms with Gasteiger partial charge >= 0.3 is 0 Å². The lowest BCUT2D eigenvalue weighted by atomic mass is 10.2. The Bertz CT molecular complexity index is 509. The number of halogens is 1. The molecule has 94 valence electrons. The van der Waals surface area contributed by atoms with E-state index >= 15 is 0 Å². The molecule has 0 spiro atoms. The number of anilines is 1. The predicted molar refractivity (Wildman–Crippen MR) is 61.8 cm³/mol. The largest absolute Gasteiger partial charge is 0.398 e. The number of ether oxygens (including phenoxy) is 1. The minimum Gasteiger partial charge on any atom is -0.398 e. The number of benzene rings is 1. The Labute approximate surface area is 99.5 Å². The topological polar surface area (TPSA) is 69.4 Å². The summed E-state index contributed by atoms with van der Waals surface area (Å²) >= 11 is 0. The fraction of sp³-hybridized carbons (Fsp3) is 0.455. The molecule has 17 heavy (non-hydrogen) atoms. The lowest BCUT2D eigenvalue weighted by Gasteiger charge is -2.22. The van der Waals surface area contributed by atoms with Crippen LogP contribution in [0.15, 0.2) is 23.1 Å². The van der Waals surface area contributed by atoms with Gasteiger partial charge in [0.05, 0.1) is 15.8 Å². The van der Waals surface area contributed by atoms with Crippen molar-refractivity contribution < 1.29 is 17.5 Å². The zero-order valence-corrected chi connectivity index (χ0v) is 10.0. The SMILES string of the molecule is Nc1cc(F)ccc1S(=O)(=O)C1CCOCC1. The van der Waals surface area contributed by atoms with Crippen LogP contribution in [0, 0.1) is 5.82 Å². The zero-order chi connectivity index (χ0) is 12.5. The van der Waals surface area contributed by atoms with Crippen LogP contribution >= 0.6 is 0 Å². The van der Waals surface area contributed by atoms with Crippen molar-refractivity contribution >= 4 is 15.5 Å². The summed E-state index contributed by atoms with van der Waals surface area (Å²) in [5, 5.41) is -0.482. The van der Waals surface area contributed by atoms with Crippen LogP contribution in [0.1, 0.15) is 12.8 Å². The molecule has 2 rings (SSSR count). The molecule has 1 saturated heterocycles. The summed E-state index contributed by atoms with van der Waals surface area (Å²) in [6.45, 7) is 0.871. The Morgan fingerprint density at radius 3 is 2.53 bits per heavy atom. The van der Waals surface area contributed by atoms with E-state index in [4.69, 9.17) is 10.5 Å². The van der Waals surface area contributed by atoms with E-state index in [0.29, 0.717) is 26.1 Å². The van der Waals surface area contributed by atoms with Crippen molar-refractivity contribution in [2.24, 2.45) is 0 Å². The van der Waals surface area contributed by atoms with Gasteiger partial charge in [-0.3, -0.25) is 0 Å². The van der Waals surface area contributed by atoms with Crippen molar-refractivity contribution in [2.45, 2.75) is 23.0 Å². The second kappa shape index (κ2) is 4.62. The molecule has 0 aliphatic carbocycles. The fourth-order valence-corrected chi connectivity index (χ4v) is 3.76. The summed E-state index contributed by atoms with van der Waals surface area (Å²) in [4.78, 5) is 0.0193. The van der Waals surface area contributed by atoms with Crippen LogP contribution in [0.2, 0.25) is 0 Å². The van der Waals surface area contributed by atoms with E-state index in [0.717, 1.165) is 12.1 Å². The smallest absolute Gasteiger partial charge is 0.183 e. The molecule has 0 atom stereocenters. The number of hydrogen-bond donors (Lipinski definition) is 1. The lowest BCUT2D eigenvalue weighted by molar-refractivity contribution is 0.0983. The van der Waals surface area contributed by atoms with E-state index in [9.17, 15) is 12.8 Å². The average molecular weight is 259 g/mol. The molecular weight excluding hydrogens is 245 g/mol. The third kappa shape index (κ3) is 2.42. The summed E-state index contributed by atoms with van der Waals surface area (Å²) in [7, 11) is -3.48. The van der Waals surface area contributed by atoms with Crippen molar-refractivity contribution in [3.05, 3.63) is 24.0 Å². The Kier molecular flexibility index (Phi) is 3.35. The van der Waals surface area contributed by atoms with Crippen molar-refractivity contribution in [1.29, 1.82) is 0 Å². The maximum atomic E-state index is 12.9. The second-order valence-electron chi connectivity index (χ2n) is 4.04. The lowest BCUT2D eigenvalue weighted by Crippen LogP contribution is -2.29. The van der Waals surface area contributed by atoms with E-state index in [1.54, 1.807) is 0 Å². The molecule has 0 saturated carbocycles. The highest BCUT2D eigenvalue weighted by Gasteiger charge is 2.30. The molecule has 0 amide bonds. The highest BCUT2D eigenvalue weighted by atomic mass is 32.2. The Morgan fingerprint density at radius 2 is 1.94 bits per heavy atom. The van der Waals surface area contributed by atoms with Crippen LogP contribution < -0.4 is 5.73 Å². The second-order valence-corrected chi connectivity index (χ2v) is 6.24.